The zero-order valence-electron chi connectivity index (χ0n) is 12.0. The van der Waals surface area contributed by atoms with Crippen molar-refractivity contribution in [2.24, 2.45) is 23.7 Å². The Balaban J connectivity index is 1.69. The van der Waals surface area contributed by atoms with Crippen molar-refractivity contribution in [2.45, 2.75) is 18.6 Å². The van der Waals surface area contributed by atoms with Crippen molar-refractivity contribution in [3.63, 3.8) is 0 Å². The number of hydrogen-bond donors (Lipinski definition) is 2. The first-order valence-electron chi connectivity index (χ1n) is 7.42. The van der Waals surface area contributed by atoms with Gasteiger partial charge in [0, 0.05) is 11.8 Å². The van der Waals surface area contributed by atoms with E-state index in [-0.39, 0.29) is 23.7 Å². The monoisotopic (exact) mass is 303 g/mol. The molecule has 0 radical (unpaired) electrons. The number of hydrogen-bond acceptors (Lipinski definition) is 5. The van der Waals surface area contributed by atoms with Crippen LogP contribution in [0.1, 0.15) is 6.42 Å². The van der Waals surface area contributed by atoms with E-state index in [1.807, 2.05) is 0 Å². The number of aliphatic hydroxyl groups excluding tert-OH is 2. The lowest BCUT2D eigenvalue weighted by Gasteiger charge is -2.29. The fraction of sp³-hybridized carbons (Fsp3) is 0.500. The molecule has 2 bridgehead atoms. The van der Waals surface area contributed by atoms with Crippen LogP contribution in [-0.4, -0.2) is 41.3 Å². The summed E-state index contributed by atoms with van der Waals surface area (Å²) in [5.74, 6) is -1.52. The predicted octanol–water partition coefficient (Wildman–Crippen LogP) is 0.172. The van der Waals surface area contributed by atoms with E-state index in [2.05, 4.69) is 0 Å². The molecule has 1 heterocycles. The van der Waals surface area contributed by atoms with Crippen LogP contribution in [0.2, 0.25) is 0 Å². The summed E-state index contributed by atoms with van der Waals surface area (Å²) in [5, 5.41) is 20.0. The number of fused-ring (bicyclic) bond motifs is 5. The van der Waals surface area contributed by atoms with E-state index in [0.29, 0.717) is 17.9 Å². The molecule has 0 unspecified atom stereocenters. The lowest BCUT2D eigenvalue weighted by Crippen LogP contribution is -2.43. The van der Waals surface area contributed by atoms with Gasteiger partial charge in [0.2, 0.25) is 11.8 Å². The average molecular weight is 303 g/mol. The topological polar surface area (TPSA) is 87.1 Å². The van der Waals surface area contributed by atoms with E-state index in [0.717, 1.165) is 0 Å². The van der Waals surface area contributed by atoms with E-state index in [1.54, 1.807) is 31.4 Å². The fourth-order valence-corrected chi connectivity index (χ4v) is 4.42. The Hall–Kier alpha value is -1.92. The van der Waals surface area contributed by atoms with Crippen LogP contribution >= 0.6 is 0 Å². The molecule has 1 aliphatic heterocycles. The first-order valence-corrected chi connectivity index (χ1v) is 7.42. The van der Waals surface area contributed by atoms with Crippen molar-refractivity contribution in [3.05, 3.63) is 24.3 Å². The van der Waals surface area contributed by atoms with E-state index in [4.69, 9.17) is 4.74 Å². The Morgan fingerprint density at radius 1 is 1.00 bits per heavy atom. The number of benzene rings is 1. The highest BCUT2D eigenvalue weighted by molar-refractivity contribution is 6.22. The minimum absolute atomic E-state index is 0.265. The number of rotatable bonds is 2. The van der Waals surface area contributed by atoms with Crippen LogP contribution in [-0.2, 0) is 9.59 Å². The van der Waals surface area contributed by atoms with Crippen molar-refractivity contribution in [2.75, 3.05) is 12.0 Å². The molecule has 1 saturated heterocycles. The van der Waals surface area contributed by atoms with Crippen molar-refractivity contribution in [3.8, 4) is 5.75 Å². The number of imide groups is 1. The van der Waals surface area contributed by atoms with Gasteiger partial charge in [-0.05, 0) is 30.7 Å². The maximum absolute atomic E-state index is 12.7. The van der Waals surface area contributed by atoms with Gasteiger partial charge in [-0.3, -0.25) is 14.5 Å². The Morgan fingerprint density at radius 2 is 1.50 bits per heavy atom. The van der Waals surface area contributed by atoms with E-state index in [9.17, 15) is 19.8 Å². The molecule has 6 atom stereocenters. The third-order valence-electron chi connectivity index (χ3n) is 5.42. The van der Waals surface area contributed by atoms with Gasteiger partial charge in [-0.1, -0.05) is 0 Å². The quantitative estimate of drug-likeness (QED) is 0.761. The molecule has 2 N–H and O–H groups in total. The summed E-state index contributed by atoms with van der Waals surface area (Å²) in [6, 6.07) is 6.74. The van der Waals surface area contributed by atoms with E-state index >= 15 is 0 Å². The molecule has 6 heteroatoms. The van der Waals surface area contributed by atoms with Gasteiger partial charge < -0.3 is 14.9 Å². The van der Waals surface area contributed by atoms with Gasteiger partial charge in [0.25, 0.3) is 0 Å². The van der Waals surface area contributed by atoms with E-state index in [1.165, 1.54) is 4.90 Å². The zero-order valence-corrected chi connectivity index (χ0v) is 12.0. The van der Waals surface area contributed by atoms with Crippen molar-refractivity contribution in [1.29, 1.82) is 0 Å². The molecule has 4 rings (SSSR count). The average Bonchev–Trinajstić information content (AvgIpc) is 3.13. The fourth-order valence-electron chi connectivity index (χ4n) is 4.42. The van der Waals surface area contributed by atoms with Crippen LogP contribution in [0.15, 0.2) is 24.3 Å². The number of aliphatic hydroxyl groups is 2. The molecule has 0 spiro atoms. The van der Waals surface area contributed by atoms with Gasteiger partial charge in [-0.25, -0.2) is 0 Å². The van der Waals surface area contributed by atoms with Crippen LogP contribution in [0, 0.1) is 23.7 Å². The largest absolute Gasteiger partial charge is 0.497 e. The van der Waals surface area contributed by atoms with Crippen LogP contribution in [0.3, 0.4) is 0 Å². The summed E-state index contributed by atoms with van der Waals surface area (Å²) in [6.45, 7) is 0. The van der Waals surface area contributed by atoms with Crippen LogP contribution in [0.5, 0.6) is 5.75 Å². The highest BCUT2D eigenvalue weighted by Gasteiger charge is 2.67. The van der Waals surface area contributed by atoms with E-state index < -0.39 is 24.0 Å². The molecular formula is C16H17NO5. The second kappa shape index (κ2) is 4.54. The number of nitrogens with zero attached hydrogens (tertiary/aromatic N) is 1. The minimum atomic E-state index is -0.904. The standard InChI is InChI=1S/C16H17NO5/c1-22-8-4-2-7(3-5-8)17-15(20)11-9-6-10(12(11)16(17)21)14(19)13(9)18/h2-5,9-14,18-19H,6H2,1H3/t9-,10+,11-,12-,13-,14+/m1/s1. The van der Waals surface area contributed by atoms with Crippen LogP contribution in [0.4, 0.5) is 5.69 Å². The Labute approximate surface area is 127 Å². The molecule has 22 heavy (non-hydrogen) atoms. The Kier molecular flexibility index (Phi) is 2.83. The second-order valence-electron chi connectivity index (χ2n) is 6.31. The van der Waals surface area contributed by atoms with Crippen molar-refractivity contribution < 1.29 is 24.5 Å². The second-order valence-corrected chi connectivity index (χ2v) is 6.31. The first kappa shape index (κ1) is 13.7. The van der Waals surface area contributed by atoms with Gasteiger partial charge in [0.15, 0.2) is 0 Å². The summed E-state index contributed by atoms with van der Waals surface area (Å²) in [7, 11) is 1.55. The summed E-state index contributed by atoms with van der Waals surface area (Å²) >= 11 is 0. The van der Waals surface area contributed by atoms with Gasteiger partial charge in [0.05, 0.1) is 36.8 Å². The maximum Gasteiger partial charge on any atom is 0.238 e. The Bertz CT molecular complexity index is 610. The zero-order chi connectivity index (χ0) is 15.6. The number of carbonyl (C=O) groups is 2. The Morgan fingerprint density at radius 3 is 1.95 bits per heavy atom. The highest BCUT2D eigenvalue weighted by atomic mass is 16.5. The molecule has 116 valence electrons. The van der Waals surface area contributed by atoms with Crippen LogP contribution in [0.25, 0.3) is 0 Å². The van der Waals surface area contributed by atoms with Gasteiger partial charge in [-0.2, -0.15) is 0 Å². The van der Waals surface area contributed by atoms with Crippen molar-refractivity contribution in [1.82, 2.24) is 0 Å². The summed E-state index contributed by atoms with van der Waals surface area (Å²) in [6.07, 6.45) is -1.26. The number of anilines is 1. The normalized spacial score (nSPS) is 39.5. The molecule has 2 amide bonds. The summed E-state index contributed by atoms with van der Waals surface area (Å²) in [4.78, 5) is 26.5. The summed E-state index contributed by atoms with van der Waals surface area (Å²) < 4.78 is 5.08. The molecule has 0 aromatic heterocycles. The molecule has 1 aromatic carbocycles. The molecule has 3 fully saturated rings. The molecule has 2 aliphatic carbocycles. The smallest absolute Gasteiger partial charge is 0.238 e. The van der Waals surface area contributed by atoms with Gasteiger partial charge in [-0.15, -0.1) is 0 Å². The molecular weight excluding hydrogens is 286 g/mol. The third-order valence-corrected chi connectivity index (χ3v) is 5.42. The summed E-state index contributed by atoms with van der Waals surface area (Å²) in [5.41, 5.74) is 0.508. The minimum Gasteiger partial charge on any atom is -0.497 e. The molecule has 6 nitrogen and oxygen atoms in total. The van der Waals surface area contributed by atoms with Gasteiger partial charge in [0.1, 0.15) is 5.75 Å². The number of methoxy groups -OCH3 is 1. The predicted molar refractivity (Wildman–Crippen MR) is 76.1 cm³/mol. The number of amides is 2. The maximum atomic E-state index is 12.7. The number of carbonyl (C=O) groups excluding carboxylic acids is 2. The molecule has 3 aliphatic rings. The first-order chi connectivity index (χ1) is 10.5. The van der Waals surface area contributed by atoms with Crippen LogP contribution < -0.4 is 9.64 Å². The lowest BCUT2D eigenvalue weighted by atomic mass is 9.78. The molecule has 1 aromatic rings. The van der Waals surface area contributed by atoms with Crippen molar-refractivity contribution >= 4 is 17.5 Å². The highest BCUT2D eigenvalue weighted by Crippen LogP contribution is 2.56. The number of ether oxygens (including phenoxy) is 1. The lowest BCUT2D eigenvalue weighted by molar-refractivity contribution is -0.129. The molecule has 2 saturated carbocycles. The van der Waals surface area contributed by atoms with Gasteiger partial charge >= 0.3 is 0 Å². The SMILES string of the molecule is COc1ccc(N2C(=O)[C@@H]3[C@@H]4C[C@@H]([C@@H](O)[C@H]4O)[C@H]3C2=O)cc1. The third kappa shape index (κ3) is 1.56.